The Hall–Kier alpha value is -3.52. The molecule has 27 heavy (non-hydrogen) atoms. The van der Waals surface area contributed by atoms with E-state index in [4.69, 9.17) is 9.47 Å². The highest BCUT2D eigenvalue weighted by atomic mass is 16.5. The molecule has 1 N–H and O–H groups in total. The van der Waals surface area contributed by atoms with Crippen molar-refractivity contribution in [1.29, 1.82) is 5.26 Å². The van der Waals surface area contributed by atoms with E-state index in [1.165, 1.54) is 0 Å². The molecule has 0 unspecified atom stereocenters. The third-order valence-electron chi connectivity index (χ3n) is 4.10. The zero-order chi connectivity index (χ0) is 19.2. The topological polar surface area (TPSA) is 70.9 Å². The number of nitrogens with one attached hydrogen (secondary N) is 1. The maximum atomic E-state index is 9.66. The third-order valence-corrected chi connectivity index (χ3v) is 4.10. The number of rotatable bonds is 7. The predicted molar refractivity (Wildman–Crippen MR) is 108 cm³/mol. The summed E-state index contributed by atoms with van der Waals surface area (Å²) >= 11 is 0. The highest BCUT2D eigenvalue weighted by Crippen LogP contribution is 2.34. The van der Waals surface area contributed by atoms with Crippen LogP contribution in [0.3, 0.4) is 0 Å². The summed E-state index contributed by atoms with van der Waals surface area (Å²) in [5.74, 6) is 1.88. The van der Waals surface area contributed by atoms with Crippen molar-refractivity contribution in [2.24, 2.45) is 0 Å². The van der Waals surface area contributed by atoms with Crippen LogP contribution >= 0.6 is 0 Å². The van der Waals surface area contributed by atoms with Gasteiger partial charge in [-0.05, 0) is 49.2 Å². The minimum absolute atomic E-state index is 0.448. The zero-order valence-corrected chi connectivity index (χ0v) is 15.5. The van der Waals surface area contributed by atoms with Gasteiger partial charge in [0.2, 0.25) is 0 Å². The van der Waals surface area contributed by atoms with Gasteiger partial charge < -0.3 is 14.5 Å². The molecule has 1 aromatic heterocycles. The van der Waals surface area contributed by atoms with E-state index < -0.39 is 0 Å². The van der Waals surface area contributed by atoms with Gasteiger partial charge in [0.15, 0.2) is 11.5 Å². The Labute approximate surface area is 158 Å². The fourth-order valence-corrected chi connectivity index (χ4v) is 2.97. The molecule has 0 saturated heterocycles. The number of para-hydroxylation sites is 2. The van der Waals surface area contributed by atoms with Gasteiger partial charge in [0.05, 0.1) is 30.3 Å². The minimum atomic E-state index is 0.448. The first-order chi connectivity index (χ1) is 13.2. The molecule has 0 bridgehead atoms. The summed E-state index contributed by atoms with van der Waals surface area (Å²) in [6.07, 6.45) is 4.25. The quantitative estimate of drug-likeness (QED) is 0.487. The van der Waals surface area contributed by atoms with E-state index in [9.17, 15) is 5.26 Å². The van der Waals surface area contributed by atoms with Crippen LogP contribution in [0.4, 0.5) is 0 Å². The van der Waals surface area contributed by atoms with E-state index >= 15 is 0 Å². The molecule has 0 atom stereocenters. The Morgan fingerprint density at radius 1 is 1.33 bits per heavy atom. The van der Waals surface area contributed by atoms with Crippen LogP contribution < -0.4 is 9.47 Å². The molecule has 0 amide bonds. The van der Waals surface area contributed by atoms with Crippen LogP contribution in [0.15, 0.2) is 49.1 Å². The molecule has 1 heterocycles. The molecule has 0 radical (unpaired) electrons. The highest BCUT2D eigenvalue weighted by molar-refractivity contribution is 5.90. The predicted octanol–water partition coefficient (Wildman–Crippen LogP) is 4.76. The lowest BCUT2D eigenvalue weighted by atomic mass is 10.0. The van der Waals surface area contributed by atoms with Gasteiger partial charge in [0.1, 0.15) is 11.9 Å². The molecule has 5 heteroatoms. The number of aromatic nitrogens is 2. The lowest BCUT2D eigenvalue weighted by Crippen LogP contribution is -1.99. The summed E-state index contributed by atoms with van der Waals surface area (Å²) in [5, 5.41) is 9.66. The zero-order valence-electron chi connectivity index (χ0n) is 15.5. The van der Waals surface area contributed by atoms with Crippen LogP contribution in [0.5, 0.6) is 11.5 Å². The van der Waals surface area contributed by atoms with Gasteiger partial charge in [0.25, 0.3) is 0 Å². The normalized spacial score (nSPS) is 11.2. The second-order valence-corrected chi connectivity index (χ2v) is 5.91. The molecule has 3 rings (SSSR count). The van der Waals surface area contributed by atoms with Gasteiger partial charge in [-0.25, -0.2) is 4.98 Å². The highest BCUT2D eigenvalue weighted by Gasteiger charge is 2.13. The number of nitriles is 1. The van der Waals surface area contributed by atoms with E-state index in [1.54, 1.807) is 13.2 Å². The fraction of sp³-hybridized carbons (Fsp3) is 0.182. The fourth-order valence-electron chi connectivity index (χ4n) is 2.97. The average molecular weight is 359 g/mol. The van der Waals surface area contributed by atoms with Crippen molar-refractivity contribution in [3.05, 3.63) is 66.0 Å². The maximum absolute atomic E-state index is 9.66. The number of hydrogen-bond acceptors (Lipinski definition) is 4. The number of nitrogens with zero attached hydrogens (tertiary/aromatic N) is 2. The molecule has 0 aliphatic heterocycles. The van der Waals surface area contributed by atoms with Gasteiger partial charge in [-0.2, -0.15) is 5.26 Å². The summed E-state index contributed by atoms with van der Waals surface area (Å²) in [5.41, 5.74) is 3.96. The van der Waals surface area contributed by atoms with Crippen LogP contribution in [0.25, 0.3) is 22.7 Å². The van der Waals surface area contributed by atoms with E-state index in [-0.39, 0.29) is 0 Å². The van der Waals surface area contributed by atoms with Gasteiger partial charge in [0, 0.05) is 5.56 Å². The molecule has 0 aliphatic carbocycles. The number of H-pyrrole nitrogens is 1. The molecule has 0 saturated carbocycles. The van der Waals surface area contributed by atoms with E-state index in [0.717, 1.165) is 22.2 Å². The number of allylic oxidation sites excluding steroid dienone is 2. The van der Waals surface area contributed by atoms with E-state index in [1.807, 2.05) is 49.4 Å². The minimum Gasteiger partial charge on any atom is -0.493 e. The van der Waals surface area contributed by atoms with Gasteiger partial charge in [-0.1, -0.05) is 18.2 Å². The van der Waals surface area contributed by atoms with Crippen molar-refractivity contribution in [2.45, 2.75) is 13.3 Å². The van der Waals surface area contributed by atoms with Crippen LogP contribution in [-0.4, -0.2) is 23.7 Å². The molecule has 5 nitrogen and oxygen atoms in total. The van der Waals surface area contributed by atoms with Gasteiger partial charge in [-0.3, -0.25) is 0 Å². The van der Waals surface area contributed by atoms with Crippen molar-refractivity contribution < 1.29 is 9.47 Å². The SMILES string of the molecule is C=CCc1cc(/C=C(\C#N)c2nc3ccccc3[nH]2)cc(OCC)c1OC. The van der Waals surface area contributed by atoms with Crippen molar-refractivity contribution in [3.63, 3.8) is 0 Å². The van der Waals surface area contributed by atoms with Crippen molar-refractivity contribution in [3.8, 4) is 17.6 Å². The Kier molecular flexibility index (Phi) is 5.58. The molecular formula is C22H21N3O2. The van der Waals surface area contributed by atoms with Crippen LogP contribution in [-0.2, 0) is 6.42 Å². The van der Waals surface area contributed by atoms with Gasteiger partial charge in [-0.15, -0.1) is 6.58 Å². The Morgan fingerprint density at radius 3 is 2.81 bits per heavy atom. The molecule has 0 fully saturated rings. The second-order valence-electron chi connectivity index (χ2n) is 5.91. The number of fused-ring (bicyclic) bond motifs is 1. The van der Waals surface area contributed by atoms with Crippen LogP contribution in [0.2, 0.25) is 0 Å². The first kappa shape index (κ1) is 18.3. The van der Waals surface area contributed by atoms with Crippen molar-refractivity contribution in [2.75, 3.05) is 13.7 Å². The number of imidazole rings is 1. The van der Waals surface area contributed by atoms with Crippen LogP contribution in [0.1, 0.15) is 23.9 Å². The maximum Gasteiger partial charge on any atom is 0.164 e. The van der Waals surface area contributed by atoms with Gasteiger partial charge >= 0.3 is 0 Å². The molecule has 2 aromatic carbocycles. The average Bonchev–Trinajstić information content (AvgIpc) is 3.10. The number of ether oxygens (including phenoxy) is 2. The van der Waals surface area contributed by atoms with Crippen molar-refractivity contribution in [1.82, 2.24) is 9.97 Å². The number of hydrogen-bond donors (Lipinski definition) is 1. The molecule has 3 aromatic rings. The Balaban J connectivity index is 2.10. The Morgan fingerprint density at radius 2 is 2.15 bits per heavy atom. The number of benzene rings is 2. The summed E-state index contributed by atoms with van der Waals surface area (Å²) in [6.45, 7) is 6.25. The first-order valence-corrected chi connectivity index (χ1v) is 8.71. The third kappa shape index (κ3) is 3.85. The lowest BCUT2D eigenvalue weighted by molar-refractivity contribution is 0.309. The number of methoxy groups -OCH3 is 1. The summed E-state index contributed by atoms with van der Waals surface area (Å²) in [7, 11) is 1.62. The van der Waals surface area contributed by atoms with E-state index in [0.29, 0.717) is 35.9 Å². The summed E-state index contributed by atoms with van der Waals surface area (Å²) < 4.78 is 11.2. The standard InChI is InChI=1S/C22H21N3O2/c1-4-8-16-11-15(13-20(27-5-2)21(16)26-3)12-17(14-23)22-24-18-9-6-7-10-19(18)25-22/h4,6-7,9-13H,1,5,8H2,2-3H3,(H,24,25)/b17-12+. The smallest absolute Gasteiger partial charge is 0.164 e. The van der Waals surface area contributed by atoms with E-state index in [2.05, 4.69) is 22.6 Å². The second kappa shape index (κ2) is 8.24. The monoisotopic (exact) mass is 359 g/mol. The summed E-state index contributed by atoms with van der Waals surface area (Å²) in [6, 6.07) is 13.8. The summed E-state index contributed by atoms with van der Waals surface area (Å²) in [4.78, 5) is 7.71. The number of aromatic amines is 1. The Bertz CT molecular complexity index is 1010. The largest absolute Gasteiger partial charge is 0.493 e. The molecule has 136 valence electrons. The van der Waals surface area contributed by atoms with Crippen LogP contribution in [0, 0.1) is 11.3 Å². The molecular weight excluding hydrogens is 338 g/mol. The molecule has 0 aliphatic rings. The molecule has 0 spiro atoms. The first-order valence-electron chi connectivity index (χ1n) is 8.71. The van der Waals surface area contributed by atoms with Crippen molar-refractivity contribution >= 4 is 22.7 Å². The lowest BCUT2D eigenvalue weighted by Gasteiger charge is -2.14.